The number of pyridine rings is 2. The summed E-state index contributed by atoms with van der Waals surface area (Å²) in [5, 5.41) is 13.8. The van der Waals surface area contributed by atoms with Gasteiger partial charge in [0.05, 0.1) is 42.0 Å². The van der Waals surface area contributed by atoms with Crippen LogP contribution >= 0.6 is 0 Å². The highest BCUT2D eigenvalue weighted by atomic mass is 32.2. The van der Waals surface area contributed by atoms with Crippen LogP contribution in [0, 0.1) is 0 Å². The number of hydrogen-bond donors (Lipinski definition) is 2. The smallest absolute Gasteiger partial charge is 0.436 e. The fraction of sp³-hybridized carbons (Fsp3) is 0.0769. The Balaban J connectivity index is 1.76. The maximum absolute atomic E-state index is 14.2. The van der Waals surface area contributed by atoms with Crippen molar-refractivity contribution in [2.45, 2.75) is 11.4 Å². The zero-order valence-corrected chi connectivity index (χ0v) is 21.3. The lowest BCUT2D eigenvalue weighted by atomic mass is 10.2. The van der Waals surface area contributed by atoms with Gasteiger partial charge in [-0.15, -0.1) is 0 Å². The number of ether oxygens (including phenoxy) is 2. The maximum atomic E-state index is 14.2. The molecule has 0 fully saturated rings. The number of methoxy groups -OCH3 is 1. The first-order chi connectivity index (χ1) is 18.9. The summed E-state index contributed by atoms with van der Waals surface area (Å²) in [5.74, 6) is 0.259. The average molecular weight is 547 g/mol. The monoisotopic (exact) mass is 546 g/mol. The minimum absolute atomic E-state index is 0.00884. The number of nitrogens with one attached hydrogen (secondary N) is 1. The summed E-state index contributed by atoms with van der Waals surface area (Å²) in [6.07, 6.45) is 4.52. The van der Waals surface area contributed by atoms with Gasteiger partial charge in [0.25, 0.3) is 10.0 Å². The van der Waals surface area contributed by atoms with Crippen molar-refractivity contribution in [3.05, 3.63) is 97.1 Å². The third-order valence-electron chi connectivity index (χ3n) is 5.78. The molecule has 0 unspecified atom stereocenters. The van der Waals surface area contributed by atoms with Gasteiger partial charge in [0.2, 0.25) is 0 Å². The number of hydrogen-bond acceptors (Lipinski definition) is 9. The number of carbonyl (C=O) groups is 1. The van der Waals surface area contributed by atoms with Gasteiger partial charge < -0.3 is 9.47 Å². The number of aromatic nitrogens is 4. The molecular formula is C26H22N6O6S. The molecule has 13 heteroatoms. The summed E-state index contributed by atoms with van der Waals surface area (Å²) in [5.41, 5.74) is 2.94. The number of benzene rings is 2. The van der Waals surface area contributed by atoms with Crippen molar-refractivity contribution in [3.63, 3.8) is 0 Å². The molecule has 0 radical (unpaired) electrons. The van der Waals surface area contributed by atoms with Gasteiger partial charge in [-0.25, -0.2) is 28.4 Å². The van der Waals surface area contributed by atoms with Crippen molar-refractivity contribution >= 4 is 32.8 Å². The summed E-state index contributed by atoms with van der Waals surface area (Å²) in [4.78, 5) is 20.5. The molecule has 3 heterocycles. The van der Waals surface area contributed by atoms with E-state index in [0.29, 0.717) is 22.6 Å². The van der Waals surface area contributed by atoms with Crippen LogP contribution in [0.25, 0.3) is 16.7 Å². The van der Waals surface area contributed by atoms with Gasteiger partial charge in [0.15, 0.2) is 11.4 Å². The molecular weight excluding hydrogens is 524 g/mol. The van der Waals surface area contributed by atoms with Crippen molar-refractivity contribution in [1.29, 1.82) is 0 Å². The zero-order chi connectivity index (χ0) is 27.4. The number of para-hydroxylation sites is 1. The van der Waals surface area contributed by atoms with E-state index in [4.69, 9.17) is 14.7 Å². The predicted octanol–water partition coefficient (Wildman–Crippen LogP) is 3.70. The quantitative estimate of drug-likeness (QED) is 0.219. The van der Waals surface area contributed by atoms with Gasteiger partial charge in [-0.05, 0) is 48.0 Å². The number of rotatable bonds is 8. The minimum Gasteiger partial charge on any atom is -0.497 e. The Labute approximate surface area is 223 Å². The Hall–Kier alpha value is -5.01. The van der Waals surface area contributed by atoms with Crippen LogP contribution in [0.5, 0.6) is 11.5 Å². The molecule has 0 aliphatic carbocycles. The number of fused-ring (bicyclic) bond motifs is 1. The molecule has 5 rings (SSSR count). The topological polar surface area (TPSA) is 149 Å². The average Bonchev–Trinajstić information content (AvgIpc) is 3.41. The molecule has 0 spiro atoms. The van der Waals surface area contributed by atoms with Gasteiger partial charge in [0, 0.05) is 12.4 Å². The van der Waals surface area contributed by atoms with Crippen LogP contribution in [0.15, 0.2) is 96.4 Å². The SMILES string of the molecule is COc1ccc(S(=O)(=O)N(Cc2cccnc2)c2c(OC(=O)NO)cnc3c2cnn3-c2ccccc2)cc1. The maximum Gasteiger partial charge on any atom is 0.436 e. The van der Waals surface area contributed by atoms with E-state index < -0.39 is 16.1 Å². The number of nitrogens with zero attached hydrogens (tertiary/aromatic N) is 5. The van der Waals surface area contributed by atoms with E-state index in [1.807, 2.05) is 30.3 Å². The second-order valence-electron chi connectivity index (χ2n) is 8.15. The van der Waals surface area contributed by atoms with Crippen LogP contribution in [0.4, 0.5) is 10.5 Å². The summed E-state index contributed by atoms with van der Waals surface area (Å²) >= 11 is 0. The second kappa shape index (κ2) is 10.8. The van der Waals surface area contributed by atoms with E-state index in [0.717, 1.165) is 4.31 Å². The molecule has 5 aromatic rings. The van der Waals surface area contributed by atoms with Crippen LogP contribution < -0.4 is 19.3 Å². The zero-order valence-electron chi connectivity index (χ0n) is 20.5. The van der Waals surface area contributed by atoms with Crippen molar-refractivity contribution < 1.29 is 27.9 Å². The lowest BCUT2D eigenvalue weighted by molar-refractivity contribution is 0.127. The lowest BCUT2D eigenvalue weighted by Gasteiger charge is -2.26. The minimum atomic E-state index is -4.28. The van der Waals surface area contributed by atoms with Crippen LogP contribution in [0.3, 0.4) is 0 Å². The van der Waals surface area contributed by atoms with Crippen molar-refractivity contribution in [1.82, 2.24) is 25.2 Å². The van der Waals surface area contributed by atoms with E-state index >= 15 is 0 Å². The van der Waals surface area contributed by atoms with Crippen molar-refractivity contribution in [3.8, 4) is 17.2 Å². The molecule has 0 aliphatic rings. The Morgan fingerprint density at radius 1 is 1.03 bits per heavy atom. The first-order valence-corrected chi connectivity index (χ1v) is 13.0. The van der Waals surface area contributed by atoms with E-state index in [1.54, 1.807) is 18.3 Å². The normalized spacial score (nSPS) is 11.2. The van der Waals surface area contributed by atoms with Crippen molar-refractivity contribution in [2.24, 2.45) is 0 Å². The third-order valence-corrected chi connectivity index (χ3v) is 7.54. The summed E-state index contributed by atoms with van der Waals surface area (Å²) in [7, 11) is -2.80. The van der Waals surface area contributed by atoms with E-state index in [1.165, 1.54) is 60.1 Å². The van der Waals surface area contributed by atoms with Crippen molar-refractivity contribution in [2.75, 3.05) is 11.4 Å². The van der Waals surface area contributed by atoms with Crippen LogP contribution in [0.1, 0.15) is 5.56 Å². The van der Waals surface area contributed by atoms with Gasteiger partial charge in [-0.2, -0.15) is 5.10 Å². The molecule has 0 saturated heterocycles. The van der Waals surface area contributed by atoms with Crippen LogP contribution in [0.2, 0.25) is 0 Å². The van der Waals surface area contributed by atoms with E-state index in [9.17, 15) is 13.2 Å². The molecule has 0 atom stereocenters. The Morgan fingerprint density at radius 3 is 2.46 bits per heavy atom. The molecule has 0 saturated carbocycles. The van der Waals surface area contributed by atoms with E-state index in [-0.39, 0.29) is 28.3 Å². The molecule has 1 amide bonds. The fourth-order valence-electron chi connectivity index (χ4n) is 3.98. The molecule has 2 N–H and O–H groups in total. The van der Waals surface area contributed by atoms with Gasteiger partial charge in [-0.3, -0.25) is 14.5 Å². The second-order valence-corrected chi connectivity index (χ2v) is 10.0. The Bertz CT molecular complexity index is 1710. The summed E-state index contributed by atoms with van der Waals surface area (Å²) < 4.78 is 41.4. The van der Waals surface area contributed by atoms with Gasteiger partial charge in [0.1, 0.15) is 11.4 Å². The third kappa shape index (κ3) is 5.08. The molecule has 39 heavy (non-hydrogen) atoms. The molecule has 198 valence electrons. The molecule has 0 bridgehead atoms. The number of amides is 1. The van der Waals surface area contributed by atoms with Crippen LogP contribution in [-0.2, 0) is 16.6 Å². The Kier molecular flexibility index (Phi) is 7.08. The highest BCUT2D eigenvalue weighted by molar-refractivity contribution is 7.92. The Morgan fingerprint density at radius 2 is 1.79 bits per heavy atom. The van der Waals surface area contributed by atoms with Crippen LogP contribution in [-0.4, -0.2) is 46.6 Å². The number of sulfonamides is 1. The standard InChI is InChI=1S/C26H22N6O6S/c1-37-20-9-11-21(12-10-20)39(35,36)31(17-18-6-5-13-27-14-18)24-22-15-29-32(19-7-3-2-4-8-19)25(22)28-16-23(24)38-26(33)30-34/h2-16,34H,17H2,1H3,(H,30,33). The predicted molar refractivity (Wildman–Crippen MR) is 140 cm³/mol. The first-order valence-electron chi connectivity index (χ1n) is 11.5. The molecule has 0 aliphatic heterocycles. The number of carbonyl (C=O) groups excluding carboxylic acids is 1. The summed E-state index contributed by atoms with van der Waals surface area (Å²) in [6, 6.07) is 18.4. The molecule has 12 nitrogen and oxygen atoms in total. The first kappa shape index (κ1) is 25.6. The molecule has 2 aromatic carbocycles. The lowest BCUT2D eigenvalue weighted by Crippen LogP contribution is -2.32. The largest absolute Gasteiger partial charge is 0.497 e. The fourth-order valence-corrected chi connectivity index (χ4v) is 5.46. The van der Waals surface area contributed by atoms with Gasteiger partial charge >= 0.3 is 6.09 Å². The van der Waals surface area contributed by atoms with E-state index in [2.05, 4.69) is 15.1 Å². The highest BCUT2D eigenvalue weighted by Crippen LogP contribution is 2.40. The summed E-state index contributed by atoms with van der Waals surface area (Å²) in [6.45, 7) is -0.172. The highest BCUT2D eigenvalue weighted by Gasteiger charge is 2.32. The number of anilines is 1. The number of hydroxylamine groups is 1. The molecule has 3 aromatic heterocycles. The van der Waals surface area contributed by atoms with Gasteiger partial charge in [-0.1, -0.05) is 24.3 Å².